The smallest absolute Gasteiger partial charge is 0.341 e. The molecule has 0 aliphatic heterocycles. The molecule has 2 amide bonds. The number of carbonyl (C=O) groups excluding carboxylic acids is 2. The Labute approximate surface area is 222 Å². The molecule has 1 heterocycles. The molecule has 0 atom stereocenters. The molecule has 5 rings (SSSR count). The number of rotatable bonds is 7. The first-order chi connectivity index (χ1) is 18.6. The minimum absolute atomic E-state index is 0.0798. The molecule has 2 fully saturated rings. The van der Waals surface area contributed by atoms with E-state index in [1.165, 1.54) is 6.42 Å². The summed E-state index contributed by atoms with van der Waals surface area (Å²) in [7, 11) is 1.75. The summed E-state index contributed by atoms with van der Waals surface area (Å²) >= 11 is 0. The van der Waals surface area contributed by atoms with Crippen LogP contribution in [0.1, 0.15) is 66.4 Å². The third-order valence-corrected chi connectivity index (χ3v) is 7.71. The zero-order chi connectivity index (χ0) is 27.8. The van der Waals surface area contributed by atoms with E-state index in [0.717, 1.165) is 37.8 Å². The zero-order valence-corrected chi connectivity index (χ0v) is 21.3. The monoisotopic (exact) mass is 544 g/mol. The van der Waals surface area contributed by atoms with E-state index in [4.69, 9.17) is 0 Å². The topological polar surface area (TPSA) is 104 Å². The summed E-state index contributed by atoms with van der Waals surface area (Å²) in [5.41, 5.74) is -1.42. The van der Waals surface area contributed by atoms with Crippen LogP contribution in [0.15, 0.2) is 36.4 Å². The normalized spacial score (nSPS) is 17.1. The second-order valence-electron chi connectivity index (χ2n) is 10.4. The van der Waals surface area contributed by atoms with E-state index < -0.39 is 28.9 Å². The number of alkyl halides is 3. The van der Waals surface area contributed by atoms with E-state index in [1.54, 1.807) is 30.1 Å². The molecule has 0 radical (unpaired) electrons. The van der Waals surface area contributed by atoms with Gasteiger partial charge < -0.3 is 10.2 Å². The van der Waals surface area contributed by atoms with Crippen LogP contribution < -0.4 is 5.32 Å². The molecule has 1 aromatic heterocycles. The van der Waals surface area contributed by atoms with Crippen LogP contribution in [0.4, 0.5) is 23.2 Å². The minimum Gasteiger partial charge on any atom is -0.341 e. The Kier molecular flexibility index (Phi) is 7.13. The highest BCUT2D eigenvalue weighted by Gasteiger charge is 2.53. The van der Waals surface area contributed by atoms with Gasteiger partial charge in [0.15, 0.2) is 5.82 Å². The lowest BCUT2D eigenvalue weighted by molar-refractivity contribution is -0.137. The molecule has 0 saturated heterocycles. The highest BCUT2D eigenvalue weighted by atomic mass is 19.4. The van der Waals surface area contributed by atoms with E-state index in [-0.39, 0.29) is 17.3 Å². The average molecular weight is 545 g/mol. The number of amides is 2. The standard InChI is InChI=1S/C27H28F4N6O2/c1-37(15-16-5-3-2-4-6-16)24(38)19-9-8-18(14-20(19)23-33-35-36-34-23)32-25(39)26(11-12-26)21-10-7-17(13-22(21)28)27(29,30)31/h7-10,13-14,16H,2-6,11-12,15H2,1H3,(H,32,39)(H,33,34,35,36). The van der Waals surface area contributed by atoms with Crippen molar-refractivity contribution in [2.45, 2.75) is 56.5 Å². The second kappa shape index (κ2) is 10.4. The summed E-state index contributed by atoms with van der Waals surface area (Å²) in [4.78, 5) is 28.3. The number of benzene rings is 2. The third kappa shape index (κ3) is 5.50. The Morgan fingerprint density at radius 3 is 2.46 bits per heavy atom. The van der Waals surface area contributed by atoms with E-state index >= 15 is 0 Å². The molecule has 3 aromatic rings. The second-order valence-corrected chi connectivity index (χ2v) is 10.4. The predicted octanol–water partition coefficient (Wildman–Crippen LogP) is 5.35. The lowest BCUT2D eigenvalue weighted by Gasteiger charge is -2.27. The number of aromatic amines is 1. The van der Waals surface area contributed by atoms with Crippen molar-refractivity contribution in [1.29, 1.82) is 0 Å². The van der Waals surface area contributed by atoms with Crippen molar-refractivity contribution in [3.63, 3.8) is 0 Å². The van der Waals surface area contributed by atoms with Gasteiger partial charge in [-0.1, -0.05) is 25.3 Å². The number of aromatic nitrogens is 4. The van der Waals surface area contributed by atoms with Gasteiger partial charge in [-0.25, -0.2) is 9.49 Å². The SMILES string of the molecule is CN(CC1CCCCC1)C(=O)c1ccc(NC(=O)C2(c3ccc(C(F)(F)F)cc3F)CC2)cc1-c1nnn[nH]1. The lowest BCUT2D eigenvalue weighted by Crippen LogP contribution is -2.33. The van der Waals surface area contributed by atoms with Crippen LogP contribution in [0.5, 0.6) is 0 Å². The largest absolute Gasteiger partial charge is 0.416 e. The van der Waals surface area contributed by atoms with Gasteiger partial charge in [0.1, 0.15) is 5.82 Å². The summed E-state index contributed by atoms with van der Waals surface area (Å²) in [6, 6.07) is 6.92. The van der Waals surface area contributed by atoms with Crippen molar-refractivity contribution >= 4 is 17.5 Å². The average Bonchev–Trinajstić information content (AvgIpc) is 3.53. The van der Waals surface area contributed by atoms with Crippen molar-refractivity contribution in [1.82, 2.24) is 25.5 Å². The zero-order valence-electron chi connectivity index (χ0n) is 21.3. The first-order valence-electron chi connectivity index (χ1n) is 12.9. The Morgan fingerprint density at radius 1 is 1.10 bits per heavy atom. The van der Waals surface area contributed by atoms with Crippen molar-refractivity contribution in [2.24, 2.45) is 5.92 Å². The maximum absolute atomic E-state index is 14.7. The number of nitrogens with zero attached hydrogens (tertiary/aromatic N) is 4. The highest BCUT2D eigenvalue weighted by Crippen LogP contribution is 2.50. The molecule has 2 aliphatic carbocycles. The van der Waals surface area contributed by atoms with E-state index in [2.05, 4.69) is 25.9 Å². The van der Waals surface area contributed by atoms with Gasteiger partial charge in [-0.05, 0) is 72.4 Å². The predicted molar refractivity (Wildman–Crippen MR) is 134 cm³/mol. The molecular formula is C27H28F4N6O2. The molecule has 8 nitrogen and oxygen atoms in total. The van der Waals surface area contributed by atoms with Crippen LogP contribution in [-0.4, -0.2) is 50.9 Å². The van der Waals surface area contributed by atoms with E-state index in [0.29, 0.717) is 48.2 Å². The number of anilines is 1. The molecule has 39 heavy (non-hydrogen) atoms. The fourth-order valence-corrected chi connectivity index (χ4v) is 5.40. The van der Waals surface area contributed by atoms with Crippen LogP contribution in [0.3, 0.4) is 0 Å². The van der Waals surface area contributed by atoms with Gasteiger partial charge >= 0.3 is 6.18 Å². The number of hydrogen-bond donors (Lipinski definition) is 2. The molecule has 2 N–H and O–H groups in total. The number of tetrazole rings is 1. The third-order valence-electron chi connectivity index (χ3n) is 7.71. The molecule has 206 valence electrons. The van der Waals surface area contributed by atoms with Crippen molar-refractivity contribution in [3.05, 3.63) is 58.9 Å². The van der Waals surface area contributed by atoms with Crippen LogP contribution in [-0.2, 0) is 16.4 Å². The Hall–Kier alpha value is -3.83. The van der Waals surface area contributed by atoms with E-state index in [9.17, 15) is 27.2 Å². The van der Waals surface area contributed by atoms with Gasteiger partial charge in [-0.3, -0.25) is 9.59 Å². The lowest BCUT2D eigenvalue weighted by atomic mass is 9.89. The summed E-state index contributed by atoms with van der Waals surface area (Å²) < 4.78 is 53.6. The van der Waals surface area contributed by atoms with Gasteiger partial charge in [0.05, 0.1) is 16.5 Å². The molecule has 0 spiro atoms. The number of H-pyrrole nitrogens is 1. The molecule has 2 saturated carbocycles. The van der Waals surface area contributed by atoms with Gasteiger partial charge in [0.2, 0.25) is 5.91 Å². The van der Waals surface area contributed by atoms with Gasteiger partial charge in [0.25, 0.3) is 5.91 Å². The molecule has 0 unspecified atom stereocenters. The van der Waals surface area contributed by atoms with Crippen molar-refractivity contribution in [3.8, 4) is 11.4 Å². The summed E-state index contributed by atoms with van der Waals surface area (Å²) in [6.45, 7) is 0.632. The van der Waals surface area contributed by atoms with Crippen molar-refractivity contribution < 1.29 is 27.2 Å². The summed E-state index contributed by atoms with van der Waals surface area (Å²) in [5, 5.41) is 16.5. The maximum atomic E-state index is 14.7. The number of halogens is 4. The van der Waals surface area contributed by atoms with Gasteiger partial charge in [0, 0.05) is 30.4 Å². The maximum Gasteiger partial charge on any atom is 0.416 e. The molecule has 2 aliphatic rings. The fraction of sp³-hybridized carbons (Fsp3) is 0.444. The van der Waals surface area contributed by atoms with Gasteiger partial charge in [-0.15, -0.1) is 5.10 Å². The molecular weight excluding hydrogens is 516 g/mol. The first-order valence-corrected chi connectivity index (χ1v) is 12.9. The van der Waals surface area contributed by atoms with Crippen LogP contribution >= 0.6 is 0 Å². The highest BCUT2D eigenvalue weighted by molar-refractivity contribution is 6.04. The number of hydrogen-bond acceptors (Lipinski definition) is 5. The molecule has 12 heteroatoms. The van der Waals surface area contributed by atoms with Crippen molar-refractivity contribution in [2.75, 3.05) is 18.9 Å². The molecule has 2 aromatic carbocycles. The van der Waals surface area contributed by atoms with Gasteiger partial charge in [-0.2, -0.15) is 13.2 Å². The van der Waals surface area contributed by atoms with Crippen LogP contribution in [0.2, 0.25) is 0 Å². The number of carbonyl (C=O) groups is 2. The first kappa shape index (κ1) is 26.8. The van der Waals surface area contributed by atoms with E-state index in [1.807, 2.05) is 0 Å². The Morgan fingerprint density at radius 2 is 1.85 bits per heavy atom. The number of nitrogens with one attached hydrogen (secondary N) is 2. The fourth-order valence-electron chi connectivity index (χ4n) is 5.40. The minimum atomic E-state index is -4.69. The van der Waals surface area contributed by atoms with Crippen LogP contribution in [0, 0.1) is 11.7 Å². The quantitative estimate of drug-likeness (QED) is 0.391. The molecule has 0 bridgehead atoms. The summed E-state index contributed by atoms with van der Waals surface area (Å²) in [5.74, 6) is -1.16. The van der Waals surface area contributed by atoms with Crippen LogP contribution in [0.25, 0.3) is 11.4 Å². The Balaban J connectivity index is 1.38. The Bertz CT molecular complexity index is 1370. The summed E-state index contributed by atoms with van der Waals surface area (Å²) in [6.07, 6.45) is 1.61.